The molecular formula is C11H9N3O3. The van der Waals surface area contributed by atoms with E-state index < -0.39 is 11.8 Å². The van der Waals surface area contributed by atoms with Crippen LogP contribution in [0.4, 0.5) is 0 Å². The molecule has 0 saturated carbocycles. The second kappa shape index (κ2) is 4.09. The Morgan fingerprint density at radius 3 is 2.12 bits per heavy atom. The summed E-state index contributed by atoms with van der Waals surface area (Å²) in [4.78, 5) is 26.5. The Labute approximate surface area is 96.2 Å². The highest BCUT2D eigenvalue weighted by molar-refractivity contribution is 6.07. The lowest BCUT2D eigenvalue weighted by molar-refractivity contribution is 0.0999. The summed E-state index contributed by atoms with van der Waals surface area (Å²) in [6, 6.07) is 4.48. The Balaban J connectivity index is 2.76. The molecular weight excluding hydrogens is 222 g/mol. The zero-order valence-electron chi connectivity index (χ0n) is 8.71. The first-order chi connectivity index (χ1) is 8.11. The number of aromatic nitrogens is 1. The molecule has 1 aromatic heterocycles. The molecule has 6 heteroatoms. The van der Waals surface area contributed by atoms with Gasteiger partial charge in [-0.2, -0.15) is 0 Å². The number of carbonyl (C=O) groups is 2. The Bertz CT molecular complexity index is 543. The summed E-state index contributed by atoms with van der Waals surface area (Å²) in [5, 5.41) is 0. The highest BCUT2D eigenvalue weighted by Gasteiger charge is 2.20. The van der Waals surface area contributed by atoms with Crippen molar-refractivity contribution >= 4 is 11.8 Å². The molecule has 1 aromatic carbocycles. The van der Waals surface area contributed by atoms with Crippen molar-refractivity contribution < 1.29 is 14.0 Å². The number of hydrogen-bond donors (Lipinski definition) is 2. The molecule has 6 nitrogen and oxygen atoms in total. The molecule has 0 radical (unpaired) electrons. The minimum atomic E-state index is -0.679. The van der Waals surface area contributed by atoms with Crippen LogP contribution in [0.5, 0.6) is 0 Å². The van der Waals surface area contributed by atoms with Crippen molar-refractivity contribution in [2.75, 3.05) is 0 Å². The minimum absolute atomic E-state index is 0.133. The molecule has 2 aromatic rings. The SMILES string of the molecule is NC(=O)c1cccc(C(N)=O)c1-c1ncco1. The number of oxazole rings is 1. The maximum absolute atomic E-state index is 11.3. The molecule has 0 aliphatic carbocycles. The topological polar surface area (TPSA) is 112 Å². The highest BCUT2D eigenvalue weighted by Crippen LogP contribution is 2.26. The van der Waals surface area contributed by atoms with Crippen molar-refractivity contribution in [2.24, 2.45) is 11.5 Å². The summed E-state index contributed by atoms with van der Waals surface area (Å²) in [5.41, 5.74) is 11.0. The average molecular weight is 231 g/mol. The van der Waals surface area contributed by atoms with Crippen molar-refractivity contribution in [1.29, 1.82) is 0 Å². The molecule has 0 aliphatic rings. The molecule has 0 atom stereocenters. The van der Waals surface area contributed by atoms with Gasteiger partial charge in [-0.25, -0.2) is 4.98 Å². The van der Waals surface area contributed by atoms with E-state index in [0.29, 0.717) is 0 Å². The first-order valence-corrected chi connectivity index (χ1v) is 4.73. The van der Waals surface area contributed by atoms with Gasteiger partial charge in [0.05, 0.1) is 22.9 Å². The lowest BCUT2D eigenvalue weighted by Crippen LogP contribution is -2.18. The van der Waals surface area contributed by atoms with Crippen LogP contribution in [-0.2, 0) is 0 Å². The third-order valence-electron chi connectivity index (χ3n) is 2.24. The summed E-state index contributed by atoms with van der Waals surface area (Å²) >= 11 is 0. The second-order valence-corrected chi connectivity index (χ2v) is 3.29. The number of nitrogens with zero attached hydrogens (tertiary/aromatic N) is 1. The van der Waals surface area contributed by atoms with Crippen molar-refractivity contribution in [3.63, 3.8) is 0 Å². The summed E-state index contributed by atoms with van der Waals surface area (Å²) < 4.78 is 5.07. The number of nitrogens with two attached hydrogens (primary N) is 2. The zero-order chi connectivity index (χ0) is 12.4. The van der Waals surface area contributed by atoms with Gasteiger partial charge in [0.2, 0.25) is 17.7 Å². The highest BCUT2D eigenvalue weighted by atomic mass is 16.3. The van der Waals surface area contributed by atoms with Gasteiger partial charge in [0.15, 0.2) is 0 Å². The molecule has 86 valence electrons. The lowest BCUT2D eigenvalue weighted by Gasteiger charge is -2.07. The predicted octanol–water partition coefficient (Wildman–Crippen LogP) is 0.539. The van der Waals surface area contributed by atoms with E-state index >= 15 is 0 Å². The van der Waals surface area contributed by atoms with E-state index in [0.717, 1.165) is 0 Å². The monoisotopic (exact) mass is 231 g/mol. The van der Waals surface area contributed by atoms with Crippen LogP contribution in [0.2, 0.25) is 0 Å². The molecule has 2 rings (SSSR count). The van der Waals surface area contributed by atoms with Crippen LogP contribution in [0, 0.1) is 0 Å². The fourth-order valence-electron chi connectivity index (χ4n) is 1.54. The zero-order valence-corrected chi connectivity index (χ0v) is 8.71. The van der Waals surface area contributed by atoms with Gasteiger partial charge in [-0.3, -0.25) is 9.59 Å². The summed E-state index contributed by atoms with van der Waals surface area (Å²) in [5.74, 6) is -1.23. The number of amides is 2. The normalized spacial score (nSPS) is 10.1. The standard InChI is InChI=1S/C11H9N3O3/c12-9(15)6-2-1-3-7(10(13)16)8(6)11-14-4-5-17-11/h1-5H,(H2,12,15)(H2,13,16). The average Bonchev–Trinajstić information content (AvgIpc) is 2.80. The number of rotatable bonds is 3. The second-order valence-electron chi connectivity index (χ2n) is 3.29. The molecule has 17 heavy (non-hydrogen) atoms. The van der Waals surface area contributed by atoms with E-state index in [1.807, 2.05) is 0 Å². The maximum Gasteiger partial charge on any atom is 0.249 e. The molecule has 0 saturated heterocycles. The van der Waals surface area contributed by atoms with E-state index in [9.17, 15) is 9.59 Å². The number of hydrogen-bond acceptors (Lipinski definition) is 4. The quantitative estimate of drug-likeness (QED) is 0.802. The third kappa shape index (κ3) is 1.87. The van der Waals surface area contributed by atoms with E-state index in [1.165, 1.54) is 30.7 Å². The Hall–Kier alpha value is -2.63. The summed E-state index contributed by atoms with van der Waals surface area (Å²) in [6.07, 6.45) is 2.73. The molecule has 2 amide bonds. The van der Waals surface area contributed by atoms with Crippen LogP contribution in [0.25, 0.3) is 11.5 Å². The van der Waals surface area contributed by atoms with Crippen LogP contribution >= 0.6 is 0 Å². The Kier molecular flexibility index (Phi) is 2.61. The number of benzene rings is 1. The van der Waals surface area contributed by atoms with Crippen LogP contribution in [-0.4, -0.2) is 16.8 Å². The molecule has 0 unspecified atom stereocenters. The van der Waals surface area contributed by atoms with Gasteiger partial charge in [0.25, 0.3) is 0 Å². The Morgan fingerprint density at radius 1 is 1.12 bits per heavy atom. The van der Waals surface area contributed by atoms with Crippen LogP contribution < -0.4 is 11.5 Å². The summed E-state index contributed by atoms with van der Waals surface area (Å²) in [6.45, 7) is 0. The maximum atomic E-state index is 11.3. The fourth-order valence-corrected chi connectivity index (χ4v) is 1.54. The van der Waals surface area contributed by atoms with Crippen molar-refractivity contribution in [1.82, 2.24) is 4.98 Å². The van der Waals surface area contributed by atoms with Crippen LogP contribution in [0.1, 0.15) is 20.7 Å². The van der Waals surface area contributed by atoms with Crippen LogP contribution in [0.3, 0.4) is 0 Å². The smallest absolute Gasteiger partial charge is 0.249 e. The van der Waals surface area contributed by atoms with Gasteiger partial charge in [0, 0.05) is 0 Å². The van der Waals surface area contributed by atoms with Gasteiger partial charge >= 0.3 is 0 Å². The predicted molar refractivity (Wildman–Crippen MR) is 59.0 cm³/mol. The molecule has 0 aliphatic heterocycles. The minimum Gasteiger partial charge on any atom is -0.444 e. The molecule has 0 spiro atoms. The number of primary amides is 2. The van der Waals surface area contributed by atoms with E-state index in [4.69, 9.17) is 15.9 Å². The van der Waals surface area contributed by atoms with Crippen molar-refractivity contribution in [3.8, 4) is 11.5 Å². The van der Waals surface area contributed by atoms with Crippen molar-refractivity contribution in [2.45, 2.75) is 0 Å². The number of carbonyl (C=O) groups excluding carboxylic acids is 2. The van der Waals surface area contributed by atoms with E-state index in [-0.39, 0.29) is 22.6 Å². The van der Waals surface area contributed by atoms with Crippen molar-refractivity contribution in [3.05, 3.63) is 41.8 Å². The molecule has 0 bridgehead atoms. The van der Waals surface area contributed by atoms with Crippen LogP contribution in [0.15, 0.2) is 35.1 Å². The van der Waals surface area contributed by atoms with Gasteiger partial charge in [-0.1, -0.05) is 6.07 Å². The largest absolute Gasteiger partial charge is 0.444 e. The first-order valence-electron chi connectivity index (χ1n) is 4.73. The van der Waals surface area contributed by atoms with E-state index in [1.54, 1.807) is 0 Å². The Morgan fingerprint density at radius 2 is 1.71 bits per heavy atom. The molecule has 4 N–H and O–H groups in total. The fraction of sp³-hybridized carbons (Fsp3) is 0. The molecule has 0 fully saturated rings. The van der Waals surface area contributed by atoms with E-state index in [2.05, 4.69) is 4.98 Å². The summed E-state index contributed by atoms with van der Waals surface area (Å²) in [7, 11) is 0. The van der Waals surface area contributed by atoms with Gasteiger partial charge in [-0.05, 0) is 12.1 Å². The third-order valence-corrected chi connectivity index (χ3v) is 2.24. The van der Waals surface area contributed by atoms with Gasteiger partial charge in [0.1, 0.15) is 6.26 Å². The molecule has 1 heterocycles. The van der Waals surface area contributed by atoms with Gasteiger partial charge in [-0.15, -0.1) is 0 Å². The lowest BCUT2D eigenvalue weighted by atomic mass is 10.00. The first kappa shape index (κ1) is 10.9. The van der Waals surface area contributed by atoms with Gasteiger partial charge < -0.3 is 15.9 Å².